The van der Waals surface area contributed by atoms with Gasteiger partial charge in [0.1, 0.15) is 32.2 Å². The molecule has 0 aliphatic carbocycles. The second-order valence-corrected chi connectivity index (χ2v) is 18.9. The third-order valence-corrected chi connectivity index (χ3v) is 13.9. The number of aryl methyl sites for hydroxylation is 1. The highest BCUT2D eigenvalue weighted by Gasteiger charge is 2.44. The molecule has 280 valence electrons. The van der Waals surface area contributed by atoms with Crippen LogP contribution in [0.1, 0.15) is 61.2 Å². The fourth-order valence-electron chi connectivity index (χ4n) is 8.49. The van der Waals surface area contributed by atoms with Crippen molar-refractivity contribution in [3.8, 4) is 6.07 Å². The lowest BCUT2D eigenvalue weighted by Crippen LogP contribution is -2.40. The summed E-state index contributed by atoms with van der Waals surface area (Å²) in [5, 5.41) is 14.8. The molecule has 6 heterocycles. The summed E-state index contributed by atoms with van der Waals surface area (Å²) in [7, 11) is -3.02. The first-order chi connectivity index (χ1) is 24.6. The summed E-state index contributed by atoms with van der Waals surface area (Å²) < 4.78 is 66.0. The Morgan fingerprint density at radius 3 is 2.48 bits per heavy atom. The molecule has 4 aromatic rings. The fraction of sp³-hybridized carbons (Fsp3) is 0.595. The zero-order valence-electron chi connectivity index (χ0n) is 30.3. The van der Waals surface area contributed by atoms with E-state index < -0.39 is 22.4 Å². The van der Waals surface area contributed by atoms with Crippen molar-refractivity contribution in [1.82, 2.24) is 24.3 Å². The van der Waals surface area contributed by atoms with Crippen molar-refractivity contribution in [1.29, 1.82) is 5.26 Å². The minimum absolute atomic E-state index is 0.0683. The van der Waals surface area contributed by atoms with Crippen LogP contribution >= 0.6 is 11.3 Å². The van der Waals surface area contributed by atoms with Crippen LogP contribution in [0.2, 0.25) is 0 Å². The Morgan fingerprint density at radius 1 is 1.04 bits per heavy atom. The maximum Gasteiger partial charge on any atom is 0.393 e. The second-order valence-electron chi connectivity index (χ2n) is 15.5. The van der Waals surface area contributed by atoms with E-state index in [1.165, 1.54) is 17.4 Å². The number of aromatic nitrogens is 3. The molecule has 3 aromatic heterocycles. The Morgan fingerprint density at radius 2 is 1.79 bits per heavy atom. The molecular formula is C37H47F3N8O2S2. The van der Waals surface area contributed by atoms with Gasteiger partial charge in [-0.05, 0) is 95.4 Å². The molecule has 10 nitrogen and oxygen atoms in total. The summed E-state index contributed by atoms with van der Waals surface area (Å²) in [4.78, 5) is 17.3. The largest absolute Gasteiger partial charge is 0.393 e. The summed E-state index contributed by atoms with van der Waals surface area (Å²) in [6, 6.07) is 10.4. The molecule has 0 amide bonds. The van der Waals surface area contributed by atoms with Gasteiger partial charge in [-0.25, -0.2) is 13.4 Å². The molecule has 0 bridgehead atoms. The van der Waals surface area contributed by atoms with Gasteiger partial charge in [-0.15, -0.1) is 11.3 Å². The minimum Gasteiger partial charge on any atom is -0.355 e. The first-order valence-electron chi connectivity index (χ1n) is 18.1. The zero-order chi connectivity index (χ0) is 37.0. The van der Waals surface area contributed by atoms with Crippen LogP contribution in [0.5, 0.6) is 0 Å². The third-order valence-electron chi connectivity index (χ3n) is 11.2. The number of benzene rings is 1. The molecule has 3 fully saturated rings. The van der Waals surface area contributed by atoms with Crippen LogP contribution in [0.15, 0.2) is 24.3 Å². The number of sulfone groups is 1. The number of alkyl halides is 3. The van der Waals surface area contributed by atoms with Gasteiger partial charge in [-0.1, -0.05) is 6.07 Å². The summed E-state index contributed by atoms with van der Waals surface area (Å²) in [6.07, 6.45) is -0.609. The van der Waals surface area contributed by atoms with Crippen molar-refractivity contribution in [3.05, 3.63) is 46.0 Å². The van der Waals surface area contributed by atoms with Gasteiger partial charge in [-0.3, -0.25) is 4.90 Å². The Balaban J connectivity index is 1.04. The van der Waals surface area contributed by atoms with Gasteiger partial charge < -0.3 is 19.7 Å². The van der Waals surface area contributed by atoms with Crippen LogP contribution in [0.25, 0.3) is 21.1 Å². The van der Waals surface area contributed by atoms with Crippen LogP contribution in [0, 0.1) is 23.7 Å². The molecule has 1 atom stereocenters. The molecule has 1 spiro atoms. The normalized spacial score (nSPS) is 21.0. The predicted molar refractivity (Wildman–Crippen MR) is 201 cm³/mol. The van der Waals surface area contributed by atoms with E-state index >= 15 is 0 Å². The molecule has 1 unspecified atom stereocenters. The van der Waals surface area contributed by atoms with Gasteiger partial charge in [0.25, 0.3) is 0 Å². The maximum absolute atomic E-state index is 13.3. The molecule has 3 aliphatic rings. The monoisotopic (exact) mass is 756 g/mol. The van der Waals surface area contributed by atoms with Gasteiger partial charge in [0, 0.05) is 72.8 Å². The smallest absolute Gasteiger partial charge is 0.355 e. The number of thiophene rings is 1. The topological polar surface area (TPSA) is 110 Å². The van der Waals surface area contributed by atoms with Crippen LogP contribution in [0.3, 0.4) is 0 Å². The average Bonchev–Trinajstić information content (AvgIpc) is 3.85. The first kappa shape index (κ1) is 36.9. The van der Waals surface area contributed by atoms with E-state index in [1.54, 1.807) is 6.07 Å². The maximum atomic E-state index is 13.3. The molecule has 1 N–H and O–H groups in total. The van der Waals surface area contributed by atoms with Gasteiger partial charge >= 0.3 is 6.18 Å². The Kier molecular flexibility index (Phi) is 9.99. The lowest BCUT2D eigenvalue weighted by atomic mass is 9.86. The lowest BCUT2D eigenvalue weighted by Gasteiger charge is -2.31. The number of nitriles is 1. The quantitative estimate of drug-likeness (QED) is 0.198. The second kappa shape index (κ2) is 14.1. The average molecular weight is 757 g/mol. The number of nitrogens with zero attached hydrogens (tertiary/aromatic N) is 7. The molecule has 0 saturated carbocycles. The van der Waals surface area contributed by atoms with Crippen LogP contribution in [-0.2, 0) is 29.3 Å². The Bertz CT molecular complexity index is 2110. The molecule has 15 heteroatoms. The SMILES string of the molecule is Cc1c(CN2CCC3(CCN(c4nc(NC(C)C)nc5sc(CC(F)(F)F)cc45)C3)C2)ccc2c1cc(C#N)n2CCN1CCC(S(C)(=O)=O)CC1. The highest BCUT2D eigenvalue weighted by atomic mass is 32.2. The van der Waals surface area contributed by atoms with Gasteiger partial charge in [-0.2, -0.15) is 23.4 Å². The van der Waals surface area contributed by atoms with Crippen LogP contribution < -0.4 is 10.2 Å². The van der Waals surface area contributed by atoms with Gasteiger partial charge in [0.2, 0.25) is 5.95 Å². The van der Waals surface area contributed by atoms with Crippen LogP contribution in [-0.4, -0.2) is 102 Å². The van der Waals surface area contributed by atoms with Crippen molar-refractivity contribution in [3.63, 3.8) is 0 Å². The molecule has 52 heavy (non-hydrogen) atoms. The zero-order valence-corrected chi connectivity index (χ0v) is 31.9. The van der Waals surface area contributed by atoms with E-state index in [9.17, 15) is 26.9 Å². The minimum atomic E-state index is -4.29. The summed E-state index contributed by atoms with van der Waals surface area (Å²) in [5.41, 5.74) is 4.16. The number of hydrogen-bond acceptors (Lipinski definition) is 10. The number of piperidine rings is 1. The van der Waals surface area contributed by atoms with E-state index in [-0.39, 0.29) is 21.6 Å². The van der Waals surface area contributed by atoms with E-state index in [0.29, 0.717) is 47.1 Å². The van der Waals surface area contributed by atoms with E-state index in [2.05, 4.69) is 54.7 Å². The molecule has 1 aromatic carbocycles. The van der Waals surface area contributed by atoms with Gasteiger partial charge in [0.05, 0.1) is 17.1 Å². The van der Waals surface area contributed by atoms with E-state index in [0.717, 1.165) is 87.4 Å². The van der Waals surface area contributed by atoms with Crippen molar-refractivity contribution in [2.45, 2.75) is 83.4 Å². The number of rotatable bonds is 10. The molecule has 3 saturated heterocycles. The number of hydrogen-bond donors (Lipinski definition) is 1. The van der Waals surface area contributed by atoms with Crippen LogP contribution in [0.4, 0.5) is 24.9 Å². The van der Waals surface area contributed by atoms with Crippen molar-refractivity contribution < 1.29 is 21.6 Å². The number of anilines is 2. The summed E-state index contributed by atoms with van der Waals surface area (Å²) in [5.74, 6) is 1.16. The van der Waals surface area contributed by atoms with Gasteiger partial charge in [0.15, 0.2) is 0 Å². The Labute approximate surface area is 307 Å². The van der Waals surface area contributed by atoms with Crippen molar-refractivity contribution in [2.24, 2.45) is 5.41 Å². The number of fused-ring (bicyclic) bond motifs is 2. The molecular weight excluding hydrogens is 710 g/mol. The number of halogens is 3. The fourth-order valence-corrected chi connectivity index (χ4v) is 10.6. The first-order valence-corrected chi connectivity index (χ1v) is 20.9. The number of likely N-dealkylation sites (tertiary alicyclic amines) is 2. The molecule has 0 radical (unpaired) electrons. The Hall–Kier alpha value is -3.45. The molecule has 3 aliphatic heterocycles. The third kappa shape index (κ3) is 7.76. The van der Waals surface area contributed by atoms with E-state index in [1.807, 2.05) is 19.9 Å². The van der Waals surface area contributed by atoms with E-state index in [4.69, 9.17) is 4.98 Å². The summed E-state index contributed by atoms with van der Waals surface area (Å²) >= 11 is 1.09. The highest BCUT2D eigenvalue weighted by molar-refractivity contribution is 7.91. The highest BCUT2D eigenvalue weighted by Crippen LogP contribution is 2.44. The predicted octanol–water partition coefficient (Wildman–Crippen LogP) is 6.36. The standard InChI is InChI=1S/C37H47F3N8O2S2/c1-24(2)42-35-43-33(31-18-28(19-37(38,39)40)51-34(31)44-35)47-14-10-36(23-47)9-13-46(22-36)21-26-5-6-32-30(25(26)3)17-27(20-41)48(32)16-15-45-11-7-29(8-12-45)52(4,49)50/h5-6,17-18,24,29H,7-16,19,21-23H2,1-4H3,(H,42,43,44). The number of nitrogens with one attached hydrogen (secondary N) is 1. The lowest BCUT2D eigenvalue weighted by molar-refractivity contribution is -0.126. The summed E-state index contributed by atoms with van der Waals surface area (Å²) in [6.45, 7) is 13.3. The van der Waals surface area contributed by atoms with Crippen molar-refractivity contribution >= 4 is 54.1 Å². The molecule has 7 rings (SSSR count). The van der Waals surface area contributed by atoms with Crippen molar-refractivity contribution in [2.75, 3.05) is 62.3 Å².